The van der Waals surface area contributed by atoms with Gasteiger partial charge < -0.3 is 14.8 Å². The summed E-state index contributed by atoms with van der Waals surface area (Å²) in [6, 6.07) is 5.68. The maximum Gasteiger partial charge on any atom is 0.363 e. The third-order valence-electron chi connectivity index (χ3n) is 2.77. The fourth-order valence-corrected chi connectivity index (χ4v) is 1.80. The highest BCUT2D eigenvalue weighted by Gasteiger charge is 2.13. The minimum absolute atomic E-state index is 0.255. The topological polar surface area (TPSA) is 89.1 Å². The summed E-state index contributed by atoms with van der Waals surface area (Å²) < 4.78 is 10.5. The Morgan fingerprint density at radius 1 is 1.37 bits per heavy atom. The second kappa shape index (κ2) is 4.60. The molecule has 2 N–H and O–H groups in total. The van der Waals surface area contributed by atoms with Crippen molar-refractivity contribution >= 4 is 5.82 Å². The van der Waals surface area contributed by atoms with Crippen LogP contribution in [0.1, 0.15) is 11.3 Å². The summed E-state index contributed by atoms with van der Waals surface area (Å²) in [6.07, 6.45) is 0. The van der Waals surface area contributed by atoms with Crippen LogP contribution in [0.2, 0.25) is 0 Å². The average Bonchev–Trinajstić information content (AvgIpc) is 2.87. The molecule has 0 bridgehead atoms. The molecule has 0 amide bonds. The number of ether oxygens (including phenoxy) is 2. The van der Waals surface area contributed by atoms with E-state index in [9.17, 15) is 4.79 Å². The molecule has 1 aromatic heterocycles. The van der Waals surface area contributed by atoms with Gasteiger partial charge in [0.05, 0.1) is 0 Å². The third-order valence-corrected chi connectivity index (χ3v) is 2.77. The van der Waals surface area contributed by atoms with E-state index in [0.29, 0.717) is 18.1 Å². The lowest BCUT2D eigenvalue weighted by molar-refractivity contribution is 0.174. The lowest BCUT2D eigenvalue weighted by atomic mass is 10.2. The predicted molar refractivity (Wildman–Crippen MR) is 67.3 cm³/mol. The van der Waals surface area contributed by atoms with Crippen molar-refractivity contribution in [1.82, 2.24) is 15.2 Å². The molecule has 0 radical (unpaired) electrons. The van der Waals surface area contributed by atoms with Gasteiger partial charge >= 0.3 is 5.69 Å². The summed E-state index contributed by atoms with van der Waals surface area (Å²) in [5.41, 5.74) is 1.17. The van der Waals surface area contributed by atoms with Gasteiger partial charge in [0.15, 0.2) is 17.3 Å². The lowest BCUT2D eigenvalue weighted by Gasteiger charge is -2.07. The van der Waals surface area contributed by atoms with Crippen molar-refractivity contribution in [3.63, 3.8) is 0 Å². The lowest BCUT2D eigenvalue weighted by Crippen LogP contribution is -2.17. The molecule has 0 atom stereocenters. The monoisotopic (exact) mass is 260 g/mol. The zero-order valence-corrected chi connectivity index (χ0v) is 10.3. The second-order valence-electron chi connectivity index (χ2n) is 4.12. The van der Waals surface area contributed by atoms with Crippen LogP contribution in [0.3, 0.4) is 0 Å². The van der Waals surface area contributed by atoms with E-state index in [2.05, 4.69) is 20.5 Å². The Labute approximate surface area is 108 Å². The molecule has 1 aromatic carbocycles. The standard InChI is InChI=1S/C12H12N4O3/c1-7-11(14-12(17)16-15-7)13-5-8-2-3-9-10(4-8)19-6-18-9/h2-4H,5-6H2,1H3,(H2,13,14,16,17). The fourth-order valence-electron chi connectivity index (χ4n) is 1.80. The molecule has 1 aliphatic heterocycles. The van der Waals surface area contributed by atoms with Crippen LogP contribution in [-0.4, -0.2) is 22.0 Å². The van der Waals surface area contributed by atoms with Crippen LogP contribution in [0.25, 0.3) is 0 Å². The molecule has 0 spiro atoms. The number of nitrogens with one attached hydrogen (secondary N) is 2. The van der Waals surface area contributed by atoms with Gasteiger partial charge in [-0.15, -0.1) is 0 Å². The van der Waals surface area contributed by atoms with Crippen molar-refractivity contribution in [1.29, 1.82) is 0 Å². The number of benzene rings is 1. The molecule has 3 rings (SSSR count). The Balaban J connectivity index is 1.75. The average molecular weight is 260 g/mol. The highest BCUT2D eigenvalue weighted by molar-refractivity contribution is 5.46. The van der Waals surface area contributed by atoms with Crippen molar-refractivity contribution in [3.05, 3.63) is 39.9 Å². The molecule has 0 unspecified atom stereocenters. The molecule has 2 heterocycles. The van der Waals surface area contributed by atoms with E-state index < -0.39 is 5.69 Å². The van der Waals surface area contributed by atoms with Gasteiger partial charge in [-0.25, -0.2) is 9.89 Å². The Morgan fingerprint density at radius 3 is 3.11 bits per heavy atom. The highest BCUT2D eigenvalue weighted by Crippen LogP contribution is 2.32. The van der Waals surface area contributed by atoms with Crippen LogP contribution in [0.15, 0.2) is 23.0 Å². The first kappa shape index (κ1) is 11.5. The number of aromatic amines is 1. The van der Waals surface area contributed by atoms with E-state index in [-0.39, 0.29) is 6.79 Å². The van der Waals surface area contributed by atoms with E-state index in [1.165, 1.54) is 0 Å². The summed E-state index contributed by atoms with van der Waals surface area (Å²) in [5, 5.41) is 9.19. The number of fused-ring (bicyclic) bond motifs is 1. The van der Waals surface area contributed by atoms with Crippen LogP contribution >= 0.6 is 0 Å². The van der Waals surface area contributed by atoms with Crippen molar-refractivity contribution in [2.75, 3.05) is 12.1 Å². The highest BCUT2D eigenvalue weighted by atomic mass is 16.7. The van der Waals surface area contributed by atoms with E-state index in [0.717, 1.165) is 17.1 Å². The smallest absolute Gasteiger partial charge is 0.363 e. The molecule has 7 heteroatoms. The second-order valence-corrected chi connectivity index (χ2v) is 4.12. The van der Waals surface area contributed by atoms with Crippen molar-refractivity contribution in [3.8, 4) is 11.5 Å². The molecule has 0 saturated heterocycles. The number of aromatic nitrogens is 3. The van der Waals surface area contributed by atoms with Gasteiger partial charge in [0.25, 0.3) is 0 Å². The van der Waals surface area contributed by atoms with Gasteiger partial charge in [-0.2, -0.15) is 10.1 Å². The molecule has 98 valence electrons. The third kappa shape index (κ3) is 2.35. The number of rotatable bonds is 3. The quantitative estimate of drug-likeness (QED) is 0.849. The Hall–Kier alpha value is -2.57. The zero-order valence-electron chi connectivity index (χ0n) is 10.3. The maximum absolute atomic E-state index is 11.1. The first-order chi connectivity index (χ1) is 9.22. The Morgan fingerprint density at radius 2 is 2.21 bits per heavy atom. The van der Waals surface area contributed by atoms with E-state index in [1.54, 1.807) is 6.92 Å². The van der Waals surface area contributed by atoms with Gasteiger partial charge in [-0.05, 0) is 24.6 Å². The molecule has 7 nitrogen and oxygen atoms in total. The summed E-state index contributed by atoms with van der Waals surface area (Å²) in [6.45, 7) is 2.55. The van der Waals surface area contributed by atoms with Gasteiger partial charge in [0, 0.05) is 6.54 Å². The molecular formula is C12H12N4O3. The SMILES string of the molecule is Cc1n[nH]c(=O)nc1NCc1ccc2c(c1)OCO2. The van der Waals surface area contributed by atoms with Gasteiger partial charge in [-0.1, -0.05) is 6.07 Å². The first-order valence-corrected chi connectivity index (χ1v) is 5.78. The Kier molecular flexibility index (Phi) is 2.79. The normalized spacial score (nSPS) is 12.5. The number of aryl methyl sites for hydroxylation is 1. The minimum atomic E-state index is -0.473. The number of hydrogen-bond acceptors (Lipinski definition) is 6. The van der Waals surface area contributed by atoms with Crippen LogP contribution < -0.4 is 20.5 Å². The molecule has 0 aliphatic carbocycles. The maximum atomic E-state index is 11.1. The van der Waals surface area contributed by atoms with Crippen molar-refractivity contribution in [2.24, 2.45) is 0 Å². The molecule has 1 aliphatic rings. The fraction of sp³-hybridized carbons (Fsp3) is 0.250. The van der Waals surface area contributed by atoms with Gasteiger partial charge in [0.1, 0.15) is 5.69 Å². The first-order valence-electron chi connectivity index (χ1n) is 5.78. The van der Waals surface area contributed by atoms with Crippen LogP contribution in [0.4, 0.5) is 5.82 Å². The molecule has 0 fully saturated rings. The summed E-state index contributed by atoms with van der Waals surface area (Å²) >= 11 is 0. The van der Waals surface area contributed by atoms with Crippen LogP contribution in [0, 0.1) is 6.92 Å². The molecule has 2 aromatic rings. The van der Waals surface area contributed by atoms with Gasteiger partial charge in [-0.3, -0.25) is 0 Å². The van der Waals surface area contributed by atoms with Crippen LogP contribution in [-0.2, 0) is 6.54 Å². The number of nitrogens with zero attached hydrogens (tertiary/aromatic N) is 2. The number of anilines is 1. The molecule has 0 saturated carbocycles. The summed E-state index contributed by atoms with van der Waals surface area (Å²) in [5.74, 6) is 1.95. The molecule has 19 heavy (non-hydrogen) atoms. The Bertz CT molecular complexity index is 668. The number of H-pyrrole nitrogens is 1. The van der Waals surface area contributed by atoms with E-state index in [1.807, 2.05) is 18.2 Å². The molecular weight excluding hydrogens is 248 g/mol. The van der Waals surface area contributed by atoms with E-state index >= 15 is 0 Å². The van der Waals surface area contributed by atoms with Crippen molar-refractivity contribution in [2.45, 2.75) is 13.5 Å². The summed E-state index contributed by atoms with van der Waals surface area (Å²) in [4.78, 5) is 14.9. The predicted octanol–water partition coefficient (Wildman–Crippen LogP) is 0.814. The summed E-state index contributed by atoms with van der Waals surface area (Å²) in [7, 11) is 0. The number of hydrogen-bond donors (Lipinski definition) is 2. The van der Waals surface area contributed by atoms with E-state index in [4.69, 9.17) is 9.47 Å². The van der Waals surface area contributed by atoms with Gasteiger partial charge in [0.2, 0.25) is 6.79 Å². The minimum Gasteiger partial charge on any atom is -0.454 e. The zero-order chi connectivity index (χ0) is 13.2. The largest absolute Gasteiger partial charge is 0.454 e. The van der Waals surface area contributed by atoms with Crippen LogP contribution in [0.5, 0.6) is 11.5 Å². The van der Waals surface area contributed by atoms with Crippen molar-refractivity contribution < 1.29 is 9.47 Å².